The van der Waals surface area contributed by atoms with Gasteiger partial charge in [-0.3, -0.25) is 9.13 Å². The summed E-state index contributed by atoms with van der Waals surface area (Å²) in [7, 11) is 0. The van der Waals surface area contributed by atoms with Crippen LogP contribution >= 0.6 is 40.2 Å². The van der Waals surface area contributed by atoms with Crippen LogP contribution in [0.3, 0.4) is 0 Å². The SMILES string of the molecule is CSc1cc(C2CCCO2)ccc1Nc1cc(NC(=O)C2CC2(F)F)nc2c1nc(C(F)F)n2PI. The van der Waals surface area contributed by atoms with Gasteiger partial charge in [-0.2, -0.15) is 0 Å². The summed E-state index contributed by atoms with van der Waals surface area (Å²) in [5.41, 5.74) is 2.40. The van der Waals surface area contributed by atoms with E-state index in [1.165, 1.54) is 22.2 Å². The molecule has 0 radical (unpaired) electrons. The fourth-order valence-corrected chi connectivity index (χ4v) is 6.65. The third kappa shape index (κ3) is 5.03. The molecule has 1 saturated heterocycles. The van der Waals surface area contributed by atoms with Crippen molar-refractivity contribution in [2.45, 2.75) is 42.6 Å². The number of rotatable bonds is 8. The Morgan fingerprint density at radius 3 is 2.69 bits per heavy atom. The van der Waals surface area contributed by atoms with Gasteiger partial charge >= 0.3 is 0 Å². The van der Waals surface area contributed by atoms with Crippen LogP contribution in [0.1, 0.15) is 43.2 Å². The summed E-state index contributed by atoms with van der Waals surface area (Å²) in [6.07, 6.45) is 0.392. The number of aromatic nitrogens is 3. The summed E-state index contributed by atoms with van der Waals surface area (Å²) in [6.45, 7) is 0.724. The molecule has 7 nitrogen and oxygen atoms in total. The van der Waals surface area contributed by atoms with Crippen LogP contribution in [-0.2, 0) is 9.53 Å². The lowest BCUT2D eigenvalue weighted by Gasteiger charge is -2.16. The number of carbonyl (C=O) groups is 1. The predicted octanol–water partition coefficient (Wildman–Crippen LogP) is 7.07. The minimum absolute atomic E-state index is 0.0176. The zero-order valence-electron chi connectivity index (χ0n) is 18.8. The second-order valence-corrected chi connectivity index (χ2v) is 11.4. The lowest BCUT2D eigenvalue weighted by atomic mass is 10.1. The van der Waals surface area contributed by atoms with Gasteiger partial charge in [0.25, 0.3) is 12.3 Å². The van der Waals surface area contributed by atoms with Crippen molar-refractivity contribution < 1.29 is 27.1 Å². The summed E-state index contributed by atoms with van der Waals surface area (Å²) in [6, 6.07) is 7.28. The van der Waals surface area contributed by atoms with Crippen molar-refractivity contribution in [1.82, 2.24) is 14.3 Å². The highest BCUT2D eigenvalue weighted by atomic mass is 127. The highest BCUT2D eigenvalue weighted by Crippen LogP contribution is 2.49. The summed E-state index contributed by atoms with van der Waals surface area (Å²) in [4.78, 5) is 21.6. The molecular formula is C22H21F4IN5O2PS. The first-order chi connectivity index (χ1) is 17.2. The van der Waals surface area contributed by atoms with Crippen LogP contribution in [0.4, 0.5) is 34.8 Å². The number of carbonyl (C=O) groups excluding carboxylic acids is 1. The molecule has 3 heterocycles. The van der Waals surface area contributed by atoms with Crippen LogP contribution in [0.15, 0.2) is 29.2 Å². The lowest BCUT2D eigenvalue weighted by Crippen LogP contribution is -2.18. The maximum absolute atomic E-state index is 13.7. The minimum Gasteiger partial charge on any atom is -0.374 e. The molecule has 3 atom stereocenters. The van der Waals surface area contributed by atoms with E-state index in [2.05, 4.69) is 20.6 Å². The number of nitrogens with zero attached hydrogens (tertiary/aromatic N) is 3. The van der Waals surface area contributed by atoms with Crippen LogP contribution in [-0.4, -0.2) is 39.0 Å². The van der Waals surface area contributed by atoms with Gasteiger partial charge in [-0.25, -0.2) is 27.5 Å². The minimum atomic E-state index is -3.04. The molecule has 2 aliphatic rings. The van der Waals surface area contributed by atoms with Gasteiger partial charge in [0.15, 0.2) is 11.5 Å². The Morgan fingerprint density at radius 2 is 2.08 bits per heavy atom. The molecule has 1 saturated carbocycles. The standard InChI is InChI=1S/C22H21F4IN5O2PS/c1-36-15-7-10(14-3-2-6-34-14)4-5-12(15)28-13-8-16(30-21(33)11-9-22(11,25)26)29-19-17(13)31-20(18(23)24)32(19)35-27/h4-5,7-8,11,14,18,35H,2-3,6,9H2,1H3,(H2,28,29,30,33). The normalized spacial score (nSPS) is 21.1. The van der Waals surface area contributed by atoms with Crippen molar-refractivity contribution in [3.8, 4) is 0 Å². The number of imidazole rings is 1. The van der Waals surface area contributed by atoms with Gasteiger partial charge in [0, 0.05) is 24.0 Å². The average Bonchev–Trinajstić information content (AvgIpc) is 3.22. The molecule has 1 aromatic carbocycles. The number of hydrogen-bond acceptors (Lipinski definition) is 6. The second kappa shape index (κ2) is 10.2. The lowest BCUT2D eigenvalue weighted by molar-refractivity contribution is -0.119. The molecule has 2 fully saturated rings. The second-order valence-electron chi connectivity index (χ2n) is 8.51. The van der Waals surface area contributed by atoms with E-state index in [0.717, 1.165) is 29.9 Å². The number of amides is 1. The fourth-order valence-electron chi connectivity index (χ4n) is 4.16. The van der Waals surface area contributed by atoms with E-state index >= 15 is 0 Å². The zero-order valence-corrected chi connectivity index (χ0v) is 22.8. The molecule has 0 bridgehead atoms. The van der Waals surface area contributed by atoms with Crippen molar-refractivity contribution in [2.24, 2.45) is 5.92 Å². The monoisotopic (exact) mass is 653 g/mol. The van der Waals surface area contributed by atoms with E-state index < -0.39 is 36.4 Å². The van der Waals surface area contributed by atoms with Gasteiger partial charge in [0.1, 0.15) is 17.3 Å². The highest BCUT2D eigenvalue weighted by molar-refractivity contribution is 14.2. The number of thioether (sulfide) groups is 1. The Kier molecular flexibility index (Phi) is 7.36. The quantitative estimate of drug-likeness (QED) is 0.117. The van der Waals surface area contributed by atoms with Crippen molar-refractivity contribution in [3.05, 3.63) is 35.7 Å². The van der Waals surface area contributed by atoms with Crippen LogP contribution in [0.5, 0.6) is 0 Å². The van der Waals surface area contributed by atoms with E-state index in [1.807, 2.05) is 46.5 Å². The first-order valence-corrected chi connectivity index (χ1v) is 16.3. The molecule has 5 rings (SSSR count). The Balaban J connectivity index is 1.55. The number of fused-ring (bicyclic) bond motifs is 1. The van der Waals surface area contributed by atoms with Crippen LogP contribution in [0.2, 0.25) is 0 Å². The predicted molar refractivity (Wildman–Crippen MR) is 141 cm³/mol. The van der Waals surface area contributed by atoms with Gasteiger partial charge in [-0.15, -0.1) is 11.8 Å². The Labute approximate surface area is 222 Å². The number of nitrogens with one attached hydrogen (secondary N) is 2. The van der Waals surface area contributed by atoms with E-state index in [0.29, 0.717) is 11.4 Å². The van der Waals surface area contributed by atoms with Crippen molar-refractivity contribution in [1.29, 1.82) is 0 Å². The average molecular weight is 653 g/mol. The molecule has 3 aromatic rings. The number of halogens is 5. The molecule has 14 heteroatoms. The Hall–Kier alpha value is -1.70. The number of anilines is 3. The summed E-state index contributed by atoms with van der Waals surface area (Å²) >= 11 is 3.45. The Morgan fingerprint density at radius 1 is 1.31 bits per heavy atom. The van der Waals surface area contributed by atoms with E-state index in [1.54, 1.807) is 0 Å². The van der Waals surface area contributed by atoms with Crippen molar-refractivity contribution in [2.75, 3.05) is 23.5 Å². The van der Waals surface area contributed by atoms with Gasteiger partial charge in [0.2, 0.25) is 5.91 Å². The number of hydrogen-bond donors (Lipinski definition) is 2. The van der Waals surface area contributed by atoms with Crippen molar-refractivity contribution >= 4 is 74.4 Å². The van der Waals surface area contributed by atoms with Gasteiger partial charge in [0.05, 0.1) is 23.9 Å². The van der Waals surface area contributed by atoms with Crippen LogP contribution in [0.25, 0.3) is 11.2 Å². The van der Waals surface area contributed by atoms with E-state index in [-0.39, 0.29) is 29.5 Å². The highest BCUT2D eigenvalue weighted by Gasteiger charge is 2.61. The van der Waals surface area contributed by atoms with Gasteiger partial charge in [-0.05, 0) is 58.8 Å². The van der Waals surface area contributed by atoms with Crippen LogP contribution in [0, 0.1) is 5.92 Å². The molecule has 36 heavy (non-hydrogen) atoms. The molecule has 0 spiro atoms. The molecule has 2 N–H and O–H groups in total. The summed E-state index contributed by atoms with van der Waals surface area (Å²) in [5, 5.41) is 5.66. The van der Waals surface area contributed by atoms with Gasteiger partial charge in [-0.1, -0.05) is 6.07 Å². The summed E-state index contributed by atoms with van der Waals surface area (Å²) < 4.78 is 61.3. The van der Waals surface area contributed by atoms with Crippen molar-refractivity contribution in [3.63, 3.8) is 0 Å². The van der Waals surface area contributed by atoms with Gasteiger partial charge < -0.3 is 15.4 Å². The third-order valence-electron chi connectivity index (χ3n) is 6.11. The number of pyridine rings is 1. The molecule has 1 aliphatic heterocycles. The smallest absolute Gasteiger partial charge is 0.295 e. The first-order valence-electron chi connectivity index (χ1n) is 11.0. The topological polar surface area (TPSA) is 81.1 Å². The number of benzene rings is 1. The number of alkyl halides is 4. The fraction of sp³-hybridized carbons (Fsp3) is 0.409. The number of ether oxygens (including phenoxy) is 1. The molecule has 1 amide bonds. The largest absolute Gasteiger partial charge is 0.374 e. The Bertz CT molecular complexity index is 1320. The maximum atomic E-state index is 13.7. The molecule has 1 aliphatic carbocycles. The third-order valence-corrected chi connectivity index (χ3v) is 8.95. The molecule has 192 valence electrons. The zero-order chi connectivity index (χ0) is 25.6. The van der Waals surface area contributed by atoms with E-state index in [4.69, 9.17) is 4.74 Å². The first kappa shape index (κ1) is 25.9. The summed E-state index contributed by atoms with van der Waals surface area (Å²) in [5.74, 6) is -5.80. The van der Waals surface area contributed by atoms with E-state index in [9.17, 15) is 22.4 Å². The molecule has 2 aromatic heterocycles. The van der Waals surface area contributed by atoms with Crippen LogP contribution < -0.4 is 10.6 Å². The molecular weight excluding hydrogens is 632 g/mol. The maximum Gasteiger partial charge on any atom is 0.295 e. The molecule has 3 unspecified atom stereocenters.